The first-order valence-electron chi connectivity index (χ1n) is 7.72. The van der Waals surface area contributed by atoms with E-state index in [-0.39, 0.29) is 0 Å². The van der Waals surface area contributed by atoms with E-state index >= 15 is 0 Å². The van der Waals surface area contributed by atoms with Crippen molar-refractivity contribution in [1.82, 2.24) is 0 Å². The molecule has 0 aromatic rings. The molecule has 0 saturated heterocycles. The van der Waals surface area contributed by atoms with Gasteiger partial charge in [0.1, 0.15) is 0 Å². The number of nitriles is 1. The van der Waals surface area contributed by atoms with Crippen molar-refractivity contribution in [2.45, 2.75) is 90.9 Å². The Hall–Kier alpha value is -0.510. The topological polar surface area (TPSA) is 23.8 Å². The SMILES string of the molecule is CCCCCCCC(CC#N)CCCCCC. The predicted molar refractivity (Wildman–Crippen MR) is 75.9 cm³/mol. The molecule has 0 N–H and O–H groups in total. The highest BCUT2D eigenvalue weighted by molar-refractivity contribution is 4.75. The van der Waals surface area contributed by atoms with Crippen LogP contribution in [0.4, 0.5) is 0 Å². The van der Waals surface area contributed by atoms with E-state index in [0.29, 0.717) is 5.92 Å². The summed E-state index contributed by atoms with van der Waals surface area (Å²) in [7, 11) is 0. The van der Waals surface area contributed by atoms with Gasteiger partial charge in [-0.25, -0.2) is 0 Å². The summed E-state index contributed by atoms with van der Waals surface area (Å²) >= 11 is 0. The minimum atomic E-state index is 0.679. The van der Waals surface area contributed by atoms with Crippen molar-refractivity contribution in [3.63, 3.8) is 0 Å². The van der Waals surface area contributed by atoms with Gasteiger partial charge in [-0.05, 0) is 18.8 Å². The summed E-state index contributed by atoms with van der Waals surface area (Å²) in [6, 6.07) is 2.36. The highest BCUT2D eigenvalue weighted by Gasteiger charge is 2.07. The molecule has 100 valence electrons. The molecule has 1 heteroatoms. The number of unbranched alkanes of at least 4 members (excludes halogenated alkanes) is 7. The summed E-state index contributed by atoms with van der Waals surface area (Å²) in [5.74, 6) is 0.679. The average molecular weight is 237 g/mol. The Labute approximate surface area is 109 Å². The van der Waals surface area contributed by atoms with Gasteiger partial charge in [-0.15, -0.1) is 0 Å². The molecule has 0 bridgehead atoms. The Bertz CT molecular complexity index is 180. The maximum Gasteiger partial charge on any atom is 0.0624 e. The molecule has 0 amide bonds. The standard InChI is InChI=1S/C16H31N/c1-3-5-7-9-11-13-16(14-15-17)12-10-8-6-4-2/h16H,3-14H2,1-2H3. The van der Waals surface area contributed by atoms with E-state index in [1.165, 1.54) is 70.6 Å². The lowest BCUT2D eigenvalue weighted by molar-refractivity contribution is 0.411. The van der Waals surface area contributed by atoms with Gasteiger partial charge in [0, 0.05) is 6.42 Å². The van der Waals surface area contributed by atoms with Crippen molar-refractivity contribution < 1.29 is 0 Å². The lowest BCUT2D eigenvalue weighted by Crippen LogP contribution is -2.00. The number of hydrogen-bond donors (Lipinski definition) is 0. The third kappa shape index (κ3) is 11.7. The van der Waals surface area contributed by atoms with Gasteiger partial charge in [-0.3, -0.25) is 0 Å². The summed E-state index contributed by atoms with van der Waals surface area (Å²) < 4.78 is 0. The van der Waals surface area contributed by atoms with Gasteiger partial charge < -0.3 is 0 Å². The lowest BCUT2D eigenvalue weighted by Gasteiger charge is -2.13. The first-order valence-corrected chi connectivity index (χ1v) is 7.72. The Morgan fingerprint density at radius 1 is 0.765 bits per heavy atom. The third-order valence-corrected chi connectivity index (χ3v) is 3.56. The fraction of sp³-hybridized carbons (Fsp3) is 0.938. The third-order valence-electron chi connectivity index (χ3n) is 3.56. The summed E-state index contributed by atoms with van der Waals surface area (Å²) in [6.07, 6.45) is 15.5. The van der Waals surface area contributed by atoms with Crippen molar-refractivity contribution in [3.8, 4) is 6.07 Å². The van der Waals surface area contributed by atoms with E-state index in [9.17, 15) is 0 Å². The fourth-order valence-electron chi connectivity index (χ4n) is 2.37. The monoisotopic (exact) mass is 237 g/mol. The van der Waals surface area contributed by atoms with Crippen molar-refractivity contribution >= 4 is 0 Å². The second kappa shape index (κ2) is 13.6. The van der Waals surface area contributed by atoms with Crippen molar-refractivity contribution in [2.75, 3.05) is 0 Å². The van der Waals surface area contributed by atoms with Gasteiger partial charge in [-0.1, -0.05) is 71.6 Å². The smallest absolute Gasteiger partial charge is 0.0624 e. The van der Waals surface area contributed by atoms with Crippen LogP contribution in [-0.2, 0) is 0 Å². The maximum absolute atomic E-state index is 8.83. The van der Waals surface area contributed by atoms with Gasteiger partial charge in [-0.2, -0.15) is 5.26 Å². The van der Waals surface area contributed by atoms with Crippen LogP contribution in [-0.4, -0.2) is 0 Å². The number of hydrogen-bond acceptors (Lipinski definition) is 1. The Balaban J connectivity index is 3.49. The van der Waals surface area contributed by atoms with Crippen LogP contribution in [0.5, 0.6) is 0 Å². The number of nitrogens with zero attached hydrogens (tertiary/aromatic N) is 1. The highest BCUT2D eigenvalue weighted by atomic mass is 14.2. The molecule has 1 atom stereocenters. The van der Waals surface area contributed by atoms with Crippen LogP contribution >= 0.6 is 0 Å². The molecule has 0 radical (unpaired) electrons. The van der Waals surface area contributed by atoms with Gasteiger partial charge in [0.05, 0.1) is 6.07 Å². The zero-order valence-electron chi connectivity index (χ0n) is 12.0. The van der Waals surface area contributed by atoms with Crippen LogP contribution < -0.4 is 0 Å². The van der Waals surface area contributed by atoms with Gasteiger partial charge in [0.25, 0.3) is 0 Å². The van der Waals surface area contributed by atoms with Gasteiger partial charge >= 0.3 is 0 Å². The normalized spacial score (nSPS) is 12.3. The molecule has 0 aliphatic rings. The van der Waals surface area contributed by atoms with Crippen molar-refractivity contribution in [3.05, 3.63) is 0 Å². The molecule has 0 spiro atoms. The van der Waals surface area contributed by atoms with Crippen LogP contribution in [0.15, 0.2) is 0 Å². The van der Waals surface area contributed by atoms with E-state index in [1.54, 1.807) is 0 Å². The second-order valence-corrected chi connectivity index (χ2v) is 5.28. The Kier molecular flexibility index (Phi) is 13.1. The molecule has 0 heterocycles. The average Bonchev–Trinajstić information content (AvgIpc) is 2.34. The molecule has 17 heavy (non-hydrogen) atoms. The molecule has 0 fully saturated rings. The molecular formula is C16H31N. The van der Waals surface area contributed by atoms with Crippen molar-refractivity contribution in [1.29, 1.82) is 5.26 Å². The molecular weight excluding hydrogens is 206 g/mol. The molecule has 0 aromatic heterocycles. The van der Waals surface area contributed by atoms with E-state index < -0.39 is 0 Å². The fourth-order valence-corrected chi connectivity index (χ4v) is 2.37. The molecule has 0 saturated carbocycles. The van der Waals surface area contributed by atoms with Gasteiger partial charge in [0.15, 0.2) is 0 Å². The quantitative estimate of drug-likeness (QED) is 0.391. The zero-order chi connectivity index (χ0) is 12.8. The van der Waals surface area contributed by atoms with Crippen LogP contribution in [0.3, 0.4) is 0 Å². The minimum absolute atomic E-state index is 0.679. The van der Waals surface area contributed by atoms with E-state index in [1.807, 2.05) is 0 Å². The first kappa shape index (κ1) is 16.5. The molecule has 0 rings (SSSR count). The van der Waals surface area contributed by atoms with E-state index in [0.717, 1.165) is 6.42 Å². The molecule has 1 nitrogen and oxygen atoms in total. The second-order valence-electron chi connectivity index (χ2n) is 5.28. The maximum atomic E-state index is 8.83. The van der Waals surface area contributed by atoms with E-state index in [2.05, 4.69) is 19.9 Å². The summed E-state index contributed by atoms with van der Waals surface area (Å²) in [5, 5.41) is 8.83. The summed E-state index contributed by atoms with van der Waals surface area (Å²) in [6.45, 7) is 4.51. The molecule has 0 aliphatic carbocycles. The predicted octanol–water partition coefficient (Wildman–Crippen LogP) is 5.85. The number of rotatable bonds is 12. The minimum Gasteiger partial charge on any atom is -0.198 e. The highest BCUT2D eigenvalue weighted by Crippen LogP contribution is 2.21. The zero-order valence-corrected chi connectivity index (χ0v) is 12.0. The van der Waals surface area contributed by atoms with Crippen LogP contribution in [0.1, 0.15) is 90.9 Å². The summed E-state index contributed by atoms with van der Waals surface area (Å²) in [5.41, 5.74) is 0. The Morgan fingerprint density at radius 2 is 1.24 bits per heavy atom. The van der Waals surface area contributed by atoms with Crippen LogP contribution in [0.25, 0.3) is 0 Å². The first-order chi connectivity index (χ1) is 8.35. The largest absolute Gasteiger partial charge is 0.198 e. The molecule has 0 aromatic carbocycles. The molecule has 0 aliphatic heterocycles. The summed E-state index contributed by atoms with van der Waals surface area (Å²) in [4.78, 5) is 0. The van der Waals surface area contributed by atoms with Crippen molar-refractivity contribution in [2.24, 2.45) is 5.92 Å². The van der Waals surface area contributed by atoms with E-state index in [4.69, 9.17) is 5.26 Å². The van der Waals surface area contributed by atoms with Crippen LogP contribution in [0.2, 0.25) is 0 Å². The van der Waals surface area contributed by atoms with Crippen LogP contribution in [0, 0.1) is 17.2 Å². The molecule has 1 unspecified atom stereocenters. The Morgan fingerprint density at radius 3 is 1.71 bits per heavy atom. The lowest BCUT2D eigenvalue weighted by atomic mass is 9.92. The van der Waals surface area contributed by atoms with Gasteiger partial charge in [0.2, 0.25) is 0 Å².